The van der Waals surface area contributed by atoms with E-state index in [9.17, 15) is 27.6 Å². The number of alkyl carbamates (subject to hydrolysis) is 1. The summed E-state index contributed by atoms with van der Waals surface area (Å²) in [5.74, 6) is -2.61. The number of piperidine rings is 1. The van der Waals surface area contributed by atoms with Crippen molar-refractivity contribution in [3.8, 4) is 22.8 Å². The number of nitrogens with zero attached hydrogens (tertiary/aromatic N) is 3. The lowest BCUT2D eigenvalue weighted by Crippen LogP contribution is -2.57. The van der Waals surface area contributed by atoms with E-state index in [4.69, 9.17) is 19.2 Å². The highest BCUT2D eigenvalue weighted by Gasteiger charge is 2.62. The van der Waals surface area contributed by atoms with E-state index in [1.165, 1.54) is 11.0 Å². The monoisotopic (exact) mass is 914 g/mol. The van der Waals surface area contributed by atoms with Crippen LogP contribution in [0.15, 0.2) is 67.3 Å². The Morgan fingerprint density at radius 3 is 2.34 bits per heavy atom. The molecule has 65 heavy (non-hydrogen) atoms. The normalized spacial score (nSPS) is 23.8. The number of pyridine rings is 1. The molecular weight excluding hydrogens is 853 g/mol. The van der Waals surface area contributed by atoms with Gasteiger partial charge in [-0.1, -0.05) is 57.2 Å². The fourth-order valence-corrected chi connectivity index (χ4v) is 10.2. The van der Waals surface area contributed by atoms with E-state index in [1.54, 1.807) is 44.9 Å². The molecule has 17 heteroatoms. The summed E-state index contributed by atoms with van der Waals surface area (Å²) in [6.07, 6.45) is 2.36. The maximum absolute atomic E-state index is 15.1. The minimum Gasteiger partial charge on any atom is -0.497 e. The summed E-state index contributed by atoms with van der Waals surface area (Å²) >= 11 is 0. The first-order valence-electron chi connectivity index (χ1n) is 22.4. The zero-order valence-electron chi connectivity index (χ0n) is 38.3. The number of amides is 5. The summed E-state index contributed by atoms with van der Waals surface area (Å²) < 4.78 is 45.7. The van der Waals surface area contributed by atoms with Crippen LogP contribution in [0.4, 0.5) is 4.79 Å². The first-order chi connectivity index (χ1) is 30.6. The number of carbonyl (C=O) groups is 5. The van der Waals surface area contributed by atoms with Gasteiger partial charge in [0.2, 0.25) is 27.7 Å². The Labute approximate surface area is 381 Å². The van der Waals surface area contributed by atoms with Crippen molar-refractivity contribution in [3.63, 3.8) is 0 Å². The number of likely N-dealkylation sites (tertiary alicyclic amines) is 2. The van der Waals surface area contributed by atoms with Crippen LogP contribution in [0.25, 0.3) is 22.2 Å². The zero-order chi connectivity index (χ0) is 47.1. The van der Waals surface area contributed by atoms with Crippen molar-refractivity contribution in [2.75, 3.05) is 26.7 Å². The van der Waals surface area contributed by atoms with E-state index in [2.05, 4.69) is 21.9 Å². The molecule has 4 fully saturated rings. The topological polar surface area (TPSA) is 203 Å². The van der Waals surface area contributed by atoms with E-state index >= 15 is 4.79 Å². The molecule has 0 spiro atoms. The summed E-state index contributed by atoms with van der Waals surface area (Å²) in [7, 11) is -2.37. The number of carbonyl (C=O) groups excluding carboxylic acids is 5. The second-order valence-electron chi connectivity index (χ2n) is 19.9. The van der Waals surface area contributed by atoms with Gasteiger partial charge in [-0.3, -0.25) is 23.9 Å². The molecule has 2 aliphatic heterocycles. The van der Waals surface area contributed by atoms with Gasteiger partial charge >= 0.3 is 6.09 Å². The number of hydrogen-bond donors (Lipinski definition) is 3. The first kappa shape index (κ1) is 47.3. The average molecular weight is 915 g/mol. The predicted octanol–water partition coefficient (Wildman–Crippen LogP) is 5.50. The van der Waals surface area contributed by atoms with E-state index in [0.717, 1.165) is 5.56 Å². The quantitative estimate of drug-likeness (QED) is 0.173. The second-order valence-corrected chi connectivity index (χ2v) is 21.8. The lowest BCUT2D eigenvalue weighted by Gasteiger charge is -2.38. The molecule has 2 saturated heterocycles. The minimum absolute atomic E-state index is 0.0178. The van der Waals surface area contributed by atoms with Crippen molar-refractivity contribution in [2.45, 2.75) is 121 Å². The molecule has 0 radical (unpaired) electrons. The number of rotatable bonds is 14. The zero-order valence-corrected chi connectivity index (χ0v) is 39.2. The highest BCUT2D eigenvalue weighted by Crippen LogP contribution is 2.46. The van der Waals surface area contributed by atoms with Crippen LogP contribution in [0.5, 0.6) is 11.5 Å². The van der Waals surface area contributed by atoms with Gasteiger partial charge in [-0.2, -0.15) is 0 Å². The number of methoxy groups -OCH3 is 1. The summed E-state index contributed by atoms with van der Waals surface area (Å²) in [4.78, 5) is 78.4. The molecule has 2 aromatic carbocycles. The van der Waals surface area contributed by atoms with Gasteiger partial charge in [-0.15, -0.1) is 6.58 Å². The van der Waals surface area contributed by atoms with Crippen LogP contribution in [0, 0.1) is 17.3 Å². The van der Waals surface area contributed by atoms with Crippen LogP contribution < -0.4 is 24.8 Å². The smallest absolute Gasteiger partial charge is 0.407 e. The van der Waals surface area contributed by atoms with Crippen molar-refractivity contribution in [1.29, 1.82) is 0 Å². The Morgan fingerprint density at radius 2 is 1.71 bits per heavy atom. The Hall–Kier alpha value is -5.71. The molecule has 4 aliphatic rings. The van der Waals surface area contributed by atoms with E-state index in [1.807, 2.05) is 63.2 Å². The highest BCUT2D eigenvalue weighted by atomic mass is 32.2. The molecule has 2 aliphatic carbocycles. The Bertz CT molecular complexity index is 2450. The third kappa shape index (κ3) is 10.9. The third-order valence-corrected chi connectivity index (χ3v) is 14.5. The van der Waals surface area contributed by atoms with Gasteiger partial charge in [0, 0.05) is 61.0 Å². The molecule has 16 nitrogen and oxygen atoms in total. The number of fused-ring (bicyclic) bond motifs is 1. The molecule has 6 atom stereocenters. The van der Waals surface area contributed by atoms with Gasteiger partial charge in [0.25, 0.3) is 5.91 Å². The maximum atomic E-state index is 15.1. The number of sulfonamides is 1. The number of ether oxygens (including phenoxy) is 3. The largest absolute Gasteiger partial charge is 0.497 e. The van der Waals surface area contributed by atoms with Gasteiger partial charge in [0.15, 0.2) is 0 Å². The fourth-order valence-electron chi connectivity index (χ4n) is 8.79. The summed E-state index contributed by atoms with van der Waals surface area (Å²) in [5.41, 5.74) is -0.959. The highest BCUT2D eigenvalue weighted by molar-refractivity contribution is 7.91. The summed E-state index contributed by atoms with van der Waals surface area (Å²) in [6, 6.07) is 15.3. The first-order valence-corrected chi connectivity index (χ1v) is 23.9. The van der Waals surface area contributed by atoms with Crippen LogP contribution in [-0.2, 0) is 33.9 Å². The number of nitrogens with one attached hydrogen (secondary N) is 3. The van der Waals surface area contributed by atoms with Gasteiger partial charge in [-0.05, 0) is 70.4 Å². The van der Waals surface area contributed by atoms with Crippen LogP contribution >= 0.6 is 0 Å². The maximum Gasteiger partial charge on any atom is 0.407 e. The number of benzene rings is 2. The third-order valence-electron chi connectivity index (χ3n) is 12.7. The van der Waals surface area contributed by atoms with Crippen molar-refractivity contribution in [2.24, 2.45) is 17.3 Å². The SMILES string of the molecule is C=C[C@@H]1C[C@]1(NC(=O)[C@@H]1C[C@@H](Oc2cc(-c3ccccc3)nc3cc(OC)ccc23)CN1C(=O)[C@@H](CC(=O)N1CCC[C@H](NC(=O)OC(C)(C)C)C1)C(C)(C)C)C(=O)NS(=O)(=O)C1CC1. The van der Waals surface area contributed by atoms with E-state index in [0.29, 0.717) is 60.3 Å². The second kappa shape index (κ2) is 18.3. The Kier molecular flexibility index (Phi) is 13.3. The molecule has 5 amide bonds. The molecule has 3 N–H and O–H groups in total. The summed E-state index contributed by atoms with van der Waals surface area (Å²) in [5, 5.41) is 5.75. The van der Waals surface area contributed by atoms with E-state index in [-0.39, 0.29) is 44.3 Å². The van der Waals surface area contributed by atoms with Crippen LogP contribution in [0.1, 0.15) is 86.5 Å². The van der Waals surface area contributed by atoms with Crippen molar-refractivity contribution < 1.29 is 46.6 Å². The number of aromatic nitrogens is 1. The van der Waals surface area contributed by atoms with E-state index < -0.39 is 79.6 Å². The van der Waals surface area contributed by atoms with Gasteiger partial charge in [0.1, 0.15) is 34.8 Å². The molecule has 350 valence electrons. The molecule has 0 unspecified atom stereocenters. The standard InChI is InChI=1S/C48H62N6O10S/c1-9-30-26-48(30,44(58)52-65(60,61)34-18-19-34)51-42(56)39-23-33(63-40-25-37(29-14-11-10-12-15-29)50-38-22-32(62-8)17-20-35(38)40)28-54(39)43(57)36(46(2,3)4)24-41(55)53-21-13-16-31(27-53)49-45(59)64-47(5,6)7/h9-12,14-15,17,20,22,25,30-31,33-34,36,39H,1,13,16,18-19,21,23-24,26-28H2,2-8H3,(H,49,59)(H,51,56)(H,52,58)/t30-,31+,33-,36-,39+,48-/m1/s1. The molecule has 3 heterocycles. The molecule has 7 rings (SSSR count). The van der Waals surface area contributed by atoms with Crippen molar-refractivity contribution in [1.82, 2.24) is 30.1 Å². The van der Waals surface area contributed by atoms with Crippen LogP contribution in [0.3, 0.4) is 0 Å². The van der Waals surface area contributed by atoms with Crippen LogP contribution in [-0.4, -0.2) is 114 Å². The fraction of sp³-hybridized carbons (Fsp3) is 0.542. The minimum atomic E-state index is -3.94. The van der Waals surface area contributed by atoms with Crippen molar-refractivity contribution in [3.05, 3.63) is 67.3 Å². The van der Waals surface area contributed by atoms with Crippen molar-refractivity contribution >= 4 is 50.6 Å². The predicted molar refractivity (Wildman–Crippen MR) is 244 cm³/mol. The molecule has 0 bridgehead atoms. The van der Waals surface area contributed by atoms with Gasteiger partial charge in [0.05, 0.1) is 36.0 Å². The Morgan fingerprint density at radius 1 is 0.985 bits per heavy atom. The Balaban J connectivity index is 1.18. The van der Waals surface area contributed by atoms with Gasteiger partial charge in [-0.25, -0.2) is 18.2 Å². The lowest BCUT2D eigenvalue weighted by atomic mass is 9.77. The van der Waals surface area contributed by atoms with Crippen LogP contribution in [0.2, 0.25) is 0 Å². The molecule has 3 aromatic rings. The average Bonchev–Trinajstić information content (AvgIpc) is 4.18. The number of hydrogen-bond acceptors (Lipinski definition) is 11. The molecule has 1 aromatic heterocycles. The summed E-state index contributed by atoms with van der Waals surface area (Å²) in [6.45, 7) is 15.4. The van der Waals surface area contributed by atoms with Gasteiger partial charge < -0.3 is 34.6 Å². The molecule has 2 saturated carbocycles. The lowest BCUT2D eigenvalue weighted by molar-refractivity contribution is -0.149. The molecular formula is C48H62N6O10S.